The molecule has 1 atom stereocenters. The Balaban J connectivity index is 2.01. The summed E-state index contributed by atoms with van der Waals surface area (Å²) in [6.07, 6.45) is 1.65. The van der Waals surface area contributed by atoms with E-state index in [0.717, 1.165) is 29.3 Å². The number of rotatable bonds is 12. The van der Waals surface area contributed by atoms with Crippen LogP contribution in [0.1, 0.15) is 32.3 Å². The van der Waals surface area contributed by atoms with Crippen LogP contribution < -0.4 is 9.62 Å². The van der Waals surface area contributed by atoms with Gasteiger partial charge >= 0.3 is 0 Å². The van der Waals surface area contributed by atoms with Gasteiger partial charge in [-0.05, 0) is 61.4 Å². The lowest BCUT2D eigenvalue weighted by Crippen LogP contribution is -2.51. The summed E-state index contributed by atoms with van der Waals surface area (Å²) in [4.78, 5) is 28.0. The predicted molar refractivity (Wildman–Crippen MR) is 152 cm³/mol. The maximum atomic E-state index is 13.9. The molecule has 0 aliphatic heterocycles. The van der Waals surface area contributed by atoms with Gasteiger partial charge < -0.3 is 10.2 Å². The molecule has 0 fully saturated rings. The highest BCUT2D eigenvalue weighted by molar-refractivity contribution is 7.92. The van der Waals surface area contributed by atoms with Crippen molar-refractivity contribution in [1.82, 2.24) is 10.2 Å². The molecular formula is C28H30Cl2FN3O4S. The number of sulfonamides is 1. The van der Waals surface area contributed by atoms with Gasteiger partial charge in [-0.2, -0.15) is 0 Å². The van der Waals surface area contributed by atoms with E-state index in [4.69, 9.17) is 23.2 Å². The standard InChI is InChI=1S/C28H30Cl2FN3O4S/c1-3-4-15-32-28(36)20(2)33(18-21-9-8-10-22(29)16-21)27(35)19-34(23-13-14-26(31)25(30)17-23)39(37,38)24-11-6-5-7-12-24/h5-14,16-17,20H,3-4,15,18-19H2,1-2H3,(H,32,36). The van der Waals surface area contributed by atoms with Crippen molar-refractivity contribution < 1.29 is 22.4 Å². The Morgan fingerprint density at radius 3 is 2.36 bits per heavy atom. The van der Waals surface area contributed by atoms with Crippen LogP contribution in [0.3, 0.4) is 0 Å². The van der Waals surface area contributed by atoms with E-state index in [1.807, 2.05) is 6.92 Å². The van der Waals surface area contributed by atoms with Crippen molar-refractivity contribution in [3.63, 3.8) is 0 Å². The number of nitrogens with one attached hydrogen (secondary N) is 1. The molecule has 0 aliphatic carbocycles. The number of hydrogen-bond donors (Lipinski definition) is 1. The largest absolute Gasteiger partial charge is 0.354 e. The van der Waals surface area contributed by atoms with E-state index in [-0.39, 0.29) is 28.1 Å². The molecule has 1 unspecified atom stereocenters. The van der Waals surface area contributed by atoms with Gasteiger partial charge in [-0.15, -0.1) is 0 Å². The average molecular weight is 595 g/mol. The zero-order chi connectivity index (χ0) is 28.6. The van der Waals surface area contributed by atoms with Crippen molar-refractivity contribution in [1.29, 1.82) is 0 Å². The van der Waals surface area contributed by atoms with Crippen LogP contribution in [0.5, 0.6) is 0 Å². The van der Waals surface area contributed by atoms with Crippen molar-refractivity contribution in [2.24, 2.45) is 0 Å². The summed E-state index contributed by atoms with van der Waals surface area (Å²) in [7, 11) is -4.27. The molecule has 7 nitrogen and oxygen atoms in total. The second-order valence-electron chi connectivity index (χ2n) is 8.90. The SMILES string of the molecule is CCCCNC(=O)C(C)N(Cc1cccc(Cl)c1)C(=O)CN(c1ccc(F)c(Cl)c1)S(=O)(=O)c1ccccc1. The summed E-state index contributed by atoms with van der Waals surface area (Å²) in [5.74, 6) is -1.75. The summed E-state index contributed by atoms with van der Waals surface area (Å²) < 4.78 is 42.2. The molecule has 0 aromatic heterocycles. The highest BCUT2D eigenvalue weighted by Crippen LogP contribution is 2.28. The van der Waals surface area contributed by atoms with Gasteiger partial charge in [0.05, 0.1) is 15.6 Å². The lowest BCUT2D eigenvalue weighted by molar-refractivity contribution is -0.139. The first-order valence-corrected chi connectivity index (χ1v) is 14.6. The summed E-state index contributed by atoms with van der Waals surface area (Å²) in [6, 6.07) is 16.9. The topological polar surface area (TPSA) is 86.8 Å². The van der Waals surface area contributed by atoms with Crippen molar-refractivity contribution >= 4 is 50.7 Å². The molecule has 3 aromatic rings. The summed E-state index contributed by atoms with van der Waals surface area (Å²) in [5, 5.41) is 2.98. The molecule has 0 saturated heterocycles. The van der Waals surface area contributed by atoms with Crippen LogP contribution in [0.15, 0.2) is 77.7 Å². The molecule has 0 bridgehead atoms. The van der Waals surface area contributed by atoms with E-state index in [1.165, 1.54) is 23.1 Å². The van der Waals surface area contributed by atoms with Gasteiger partial charge in [0.25, 0.3) is 10.0 Å². The molecule has 0 spiro atoms. The van der Waals surface area contributed by atoms with E-state index >= 15 is 0 Å². The van der Waals surface area contributed by atoms with Gasteiger partial charge in [-0.25, -0.2) is 12.8 Å². The maximum Gasteiger partial charge on any atom is 0.264 e. The third kappa shape index (κ3) is 7.94. The van der Waals surface area contributed by atoms with E-state index in [1.54, 1.807) is 49.4 Å². The van der Waals surface area contributed by atoms with Gasteiger partial charge in [-0.3, -0.25) is 13.9 Å². The van der Waals surface area contributed by atoms with Crippen molar-refractivity contribution in [3.05, 3.63) is 94.2 Å². The Hall–Kier alpha value is -3.14. The number of amides is 2. The molecule has 39 heavy (non-hydrogen) atoms. The van der Waals surface area contributed by atoms with Gasteiger partial charge in [0, 0.05) is 18.1 Å². The predicted octanol–water partition coefficient (Wildman–Crippen LogP) is 5.66. The van der Waals surface area contributed by atoms with E-state index in [0.29, 0.717) is 17.1 Å². The number of carbonyl (C=O) groups is 2. The van der Waals surface area contributed by atoms with Gasteiger partial charge in [0.15, 0.2) is 0 Å². The molecule has 3 aromatic carbocycles. The minimum atomic E-state index is -4.27. The number of benzene rings is 3. The molecular weight excluding hydrogens is 564 g/mol. The van der Waals surface area contributed by atoms with Crippen LogP contribution in [-0.4, -0.2) is 44.3 Å². The molecule has 2 amide bonds. The van der Waals surface area contributed by atoms with Crippen molar-refractivity contribution in [3.8, 4) is 0 Å². The Morgan fingerprint density at radius 2 is 1.72 bits per heavy atom. The van der Waals surface area contributed by atoms with E-state index in [2.05, 4.69) is 5.32 Å². The normalized spacial score (nSPS) is 12.0. The van der Waals surface area contributed by atoms with Gasteiger partial charge in [0.1, 0.15) is 18.4 Å². The molecule has 0 saturated carbocycles. The zero-order valence-electron chi connectivity index (χ0n) is 21.6. The molecule has 11 heteroatoms. The first kappa shape index (κ1) is 30.4. The monoisotopic (exact) mass is 593 g/mol. The van der Waals surface area contributed by atoms with Crippen LogP contribution in [0.4, 0.5) is 10.1 Å². The number of nitrogens with zero attached hydrogens (tertiary/aromatic N) is 2. The first-order chi connectivity index (χ1) is 18.5. The fourth-order valence-electron chi connectivity index (χ4n) is 3.84. The zero-order valence-corrected chi connectivity index (χ0v) is 23.9. The number of anilines is 1. The Labute approximate surface area is 238 Å². The van der Waals surface area contributed by atoms with Crippen molar-refractivity contribution in [2.45, 2.75) is 44.2 Å². The fourth-order valence-corrected chi connectivity index (χ4v) is 5.65. The van der Waals surface area contributed by atoms with Crippen molar-refractivity contribution in [2.75, 3.05) is 17.4 Å². The first-order valence-electron chi connectivity index (χ1n) is 12.4. The fraction of sp³-hybridized carbons (Fsp3) is 0.286. The molecule has 208 valence electrons. The van der Waals surface area contributed by atoms with Crippen LogP contribution >= 0.6 is 23.2 Å². The third-order valence-electron chi connectivity index (χ3n) is 6.04. The van der Waals surface area contributed by atoms with Crippen LogP contribution in [0.25, 0.3) is 0 Å². The number of halogens is 3. The molecule has 0 heterocycles. The Kier molecular flexibility index (Phi) is 10.7. The minimum Gasteiger partial charge on any atom is -0.354 e. The smallest absolute Gasteiger partial charge is 0.264 e. The van der Waals surface area contributed by atoms with Crippen LogP contribution in [0.2, 0.25) is 10.0 Å². The second kappa shape index (κ2) is 13.8. The molecule has 0 radical (unpaired) electrons. The second-order valence-corrected chi connectivity index (χ2v) is 11.6. The lowest BCUT2D eigenvalue weighted by Gasteiger charge is -2.32. The molecule has 1 N–H and O–H groups in total. The van der Waals surface area contributed by atoms with Crippen LogP contribution in [-0.2, 0) is 26.2 Å². The summed E-state index contributed by atoms with van der Waals surface area (Å²) in [6.45, 7) is 3.36. The minimum absolute atomic E-state index is 0.00126. The highest BCUT2D eigenvalue weighted by atomic mass is 35.5. The number of unbranched alkanes of at least 4 members (excludes halogenated alkanes) is 1. The lowest BCUT2D eigenvalue weighted by atomic mass is 10.1. The van der Waals surface area contributed by atoms with E-state index < -0.39 is 34.3 Å². The third-order valence-corrected chi connectivity index (χ3v) is 8.35. The Bertz CT molecular complexity index is 1410. The maximum absolute atomic E-state index is 13.9. The molecule has 3 rings (SSSR count). The quantitative estimate of drug-likeness (QED) is 0.274. The number of hydrogen-bond acceptors (Lipinski definition) is 4. The summed E-state index contributed by atoms with van der Waals surface area (Å²) >= 11 is 12.1. The highest BCUT2D eigenvalue weighted by Gasteiger charge is 2.32. The van der Waals surface area contributed by atoms with Gasteiger partial charge in [0.2, 0.25) is 11.8 Å². The van der Waals surface area contributed by atoms with Gasteiger partial charge in [-0.1, -0.05) is 66.9 Å². The average Bonchev–Trinajstić information content (AvgIpc) is 2.92. The summed E-state index contributed by atoms with van der Waals surface area (Å²) in [5.41, 5.74) is 0.660. The van der Waals surface area contributed by atoms with Crippen LogP contribution in [0, 0.1) is 5.82 Å². The number of carbonyl (C=O) groups excluding carboxylic acids is 2. The Morgan fingerprint density at radius 1 is 1.00 bits per heavy atom. The molecule has 0 aliphatic rings. The van der Waals surface area contributed by atoms with E-state index in [9.17, 15) is 22.4 Å².